The standard InChI is InChI=1S/C21H25F3N2O3S/c1-30(28,29)26(19-12-5-11-18(16-19)21(22,23)24)15-7-13-20(27)25-14-6-10-17-8-3-2-4-9-17/h2-5,8-9,11-12,16H,6-7,10,13-15H2,1H3,(H,25,27). The minimum absolute atomic E-state index is 0.0735. The summed E-state index contributed by atoms with van der Waals surface area (Å²) in [5, 5.41) is 2.78. The summed E-state index contributed by atoms with van der Waals surface area (Å²) in [4.78, 5) is 12.0. The number of halogens is 3. The van der Waals surface area contributed by atoms with Crippen molar-refractivity contribution in [2.24, 2.45) is 0 Å². The number of rotatable bonds is 10. The molecule has 2 rings (SSSR count). The Kier molecular flexibility index (Phi) is 8.28. The van der Waals surface area contributed by atoms with Crippen molar-refractivity contribution < 1.29 is 26.4 Å². The number of sulfonamides is 1. The van der Waals surface area contributed by atoms with Crippen molar-refractivity contribution in [2.45, 2.75) is 31.9 Å². The van der Waals surface area contributed by atoms with Gasteiger partial charge in [-0.25, -0.2) is 8.42 Å². The van der Waals surface area contributed by atoms with Crippen LogP contribution in [0.2, 0.25) is 0 Å². The average molecular weight is 443 g/mol. The first-order chi connectivity index (χ1) is 14.1. The lowest BCUT2D eigenvalue weighted by Crippen LogP contribution is -2.32. The molecule has 1 amide bonds. The second kappa shape index (κ2) is 10.5. The van der Waals surface area contributed by atoms with Crippen LogP contribution in [0.4, 0.5) is 18.9 Å². The molecule has 1 N–H and O–H groups in total. The molecule has 0 saturated carbocycles. The van der Waals surface area contributed by atoms with E-state index in [1.54, 1.807) is 0 Å². The highest BCUT2D eigenvalue weighted by molar-refractivity contribution is 7.92. The minimum Gasteiger partial charge on any atom is -0.356 e. The van der Waals surface area contributed by atoms with Crippen LogP contribution in [0.25, 0.3) is 0 Å². The molecule has 0 heterocycles. The first kappa shape index (κ1) is 23.7. The first-order valence-corrected chi connectivity index (χ1v) is 11.4. The maximum Gasteiger partial charge on any atom is 0.416 e. The van der Waals surface area contributed by atoms with Gasteiger partial charge in [-0.3, -0.25) is 9.10 Å². The topological polar surface area (TPSA) is 66.5 Å². The molecule has 0 unspecified atom stereocenters. The van der Waals surface area contributed by atoms with Crippen molar-refractivity contribution >= 4 is 21.6 Å². The molecule has 9 heteroatoms. The zero-order valence-corrected chi connectivity index (χ0v) is 17.5. The fourth-order valence-corrected chi connectivity index (χ4v) is 3.92. The molecule has 0 spiro atoms. The number of hydrogen-bond donors (Lipinski definition) is 1. The van der Waals surface area contributed by atoms with Crippen LogP contribution >= 0.6 is 0 Å². The summed E-state index contributed by atoms with van der Waals surface area (Å²) in [5.41, 5.74) is 0.178. The number of carbonyl (C=O) groups excluding carboxylic acids is 1. The van der Waals surface area contributed by atoms with Crippen molar-refractivity contribution in [3.8, 4) is 0 Å². The molecule has 0 aliphatic carbocycles. The summed E-state index contributed by atoms with van der Waals surface area (Å²) in [6, 6.07) is 14.0. The quantitative estimate of drug-likeness (QED) is 0.566. The van der Waals surface area contributed by atoms with Gasteiger partial charge in [0.2, 0.25) is 15.9 Å². The molecule has 2 aromatic carbocycles. The summed E-state index contributed by atoms with van der Waals surface area (Å²) < 4.78 is 63.8. The smallest absolute Gasteiger partial charge is 0.356 e. The Labute approximate surface area is 175 Å². The van der Waals surface area contributed by atoms with E-state index in [1.807, 2.05) is 30.3 Å². The Morgan fingerprint density at radius 1 is 1.03 bits per heavy atom. The summed E-state index contributed by atoms with van der Waals surface area (Å²) in [6.45, 7) is 0.411. The van der Waals surface area contributed by atoms with Crippen LogP contribution in [0.15, 0.2) is 54.6 Å². The van der Waals surface area contributed by atoms with E-state index in [0.717, 1.165) is 41.6 Å². The van der Waals surface area contributed by atoms with Crippen LogP contribution < -0.4 is 9.62 Å². The van der Waals surface area contributed by atoms with Crippen LogP contribution in [0.1, 0.15) is 30.4 Å². The van der Waals surface area contributed by atoms with E-state index in [2.05, 4.69) is 5.32 Å². The van der Waals surface area contributed by atoms with Gasteiger partial charge >= 0.3 is 6.18 Å². The normalized spacial score (nSPS) is 11.9. The zero-order chi connectivity index (χ0) is 22.2. The second-order valence-electron chi connectivity index (χ2n) is 6.93. The molecular weight excluding hydrogens is 417 g/mol. The van der Waals surface area contributed by atoms with Gasteiger partial charge in [-0.1, -0.05) is 36.4 Å². The van der Waals surface area contributed by atoms with E-state index in [-0.39, 0.29) is 31.0 Å². The molecule has 0 aliphatic heterocycles. The Bertz CT molecular complexity index is 932. The molecule has 2 aromatic rings. The predicted molar refractivity (Wildman–Crippen MR) is 111 cm³/mol. The average Bonchev–Trinajstić information content (AvgIpc) is 2.68. The summed E-state index contributed by atoms with van der Waals surface area (Å²) in [5.74, 6) is -0.222. The molecule has 0 saturated heterocycles. The number of aryl methyl sites for hydroxylation is 1. The number of amides is 1. The van der Waals surface area contributed by atoms with Crippen LogP contribution in [-0.4, -0.2) is 33.7 Å². The number of alkyl halides is 3. The SMILES string of the molecule is CS(=O)(=O)N(CCCC(=O)NCCCc1ccccc1)c1cccc(C(F)(F)F)c1. The lowest BCUT2D eigenvalue weighted by atomic mass is 10.1. The lowest BCUT2D eigenvalue weighted by molar-refractivity contribution is -0.137. The Morgan fingerprint density at radius 2 is 1.73 bits per heavy atom. The van der Waals surface area contributed by atoms with Crippen molar-refractivity contribution in [2.75, 3.05) is 23.7 Å². The number of carbonyl (C=O) groups is 1. The van der Waals surface area contributed by atoms with E-state index in [0.29, 0.717) is 6.54 Å². The van der Waals surface area contributed by atoms with Gasteiger partial charge in [-0.05, 0) is 43.0 Å². The number of anilines is 1. The zero-order valence-electron chi connectivity index (χ0n) is 16.7. The van der Waals surface area contributed by atoms with Crippen molar-refractivity contribution in [3.63, 3.8) is 0 Å². The van der Waals surface area contributed by atoms with Gasteiger partial charge in [0, 0.05) is 19.5 Å². The molecular formula is C21H25F3N2O3S. The van der Waals surface area contributed by atoms with Crippen molar-refractivity contribution in [3.05, 3.63) is 65.7 Å². The number of nitrogens with zero attached hydrogens (tertiary/aromatic N) is 1. The molecule has 0 aromatic heterocycles. The third-order valence-corrected chi connectivity index (χ3v) is 5.63. The van der Waals surface area contributed by atoms with E-state index in [9.17, 15) is 26.4 Å². The monoisotopic (exact) mass is 442 g/mol. The minimum atomic E-state index is -4.57. The highest BCUT2D eigenvalue weighted by Crippen LogP contribution is 2.32. The molecule has 5 nitrogen and oxygen atoms in total. The fourth-order valence-electron chi connectivity index (χ4n) is 2.96. The van der Waals surface area contributed by atoms with Gasteiger partial charge < -0.3 is 5.32 Å². The van der Waals surface area contributed by atoms with Crippen molar-refractivity contribution in [1.29, 1.82) is 0 Å². The van der Waals surface area contributed by atoms with Crippen LogP contribution in [0.3, 0.4) is 0 Å². The Morgan fingerprint density at radius 3 is 2.37 bits per heavy atom. The van der Waals surface area contributed by atoms with E-state index in [1.165, 1.54) is 11.6 Å². The summed E-state index contributed by atoms with van der Waals surface area (Å²) >= 11 is 0. The molecule has 0 aliphatic rings. The molecule has 0 atom stereocenters. The Hall–Kier alpha value is -2.55. The maximum absolute atomic E-state index is 12.9. The van der Waals surface area contributed by atoms with E-state index in [4.69, 9.17) is 0 Å². The van der Waals surface area contributed by atoms with Crippen LogP contribution in [0, 0.1) is 0 Å². The Balaban J connectivity index is 1.84. The lowest BCUT2D eigenvalue weighted by Gasteiger charge is -2.23. The second-order valence-corrected chi connectivity index (χ2v) is 8.83. The number of hydrogen-bond acceptors (Lipinski definition) is 3. The van der Waals surface area contributed by atoms with Crippen LogP contribution in [0.5, 0.6) is 0 Å². The predicted octanol–water partition coefficient (Wildman–Crippen LogP) is 4.00. The van der Waals surface area contributed by atoms with Gasteiger partial charge in [0.1, 0.15) is 0 Å². The molecule has 0 bridgehead atoms. The third kappa shape index (κ3) is 7.70. The van der Waals surface area contributed by atoms with E-state index >= 15 is 0 Å². The van der Waals surface area contributed by atoms with Crippen molar-refractivity contribution in [1.82, 2.24) is 5.32 Å². The fraction of sp³-hybridized carbons (Fsp3) is 0.381. The van der Waals surface area contributed by atoms with Gasteiger partial charge in [-0.15, -0.1) is 0 Å². The van der Waals surface area contributed by atoms with Crippen LogP contribution in [-0.2, 0) is 27.4 Å². The summed E-state index contributed by atoms with van der Waals surface area (Å²) in [7, 11) is -3.80. The largest absolute Gasteiger partial charge is 0.416 e. The maximum atomic E-state index is 12.9. The van der Waals surface area contributed by atoms with Gasteiger partial charge in [0.25, 0.3) is 0 Å². The van der Waals surface area contributed by atoms with Gasteiger partial charge in [0.05, 0.1) is 17.5 Å². The molecule has 0 radical (unpaired) electrons. The molecule has 164 valence electrons. The van der Waals surface area contributed by atoms with Gasteiger partial charge in [-0.2, -0.15) is 13.2 Å². The highest BCUT2D eigenvalue weighted by atomic mass is 32.2. The molecule has 0 fully saturated rings. The molecule has 30 heavy (non-hydrogen) atoms. The van der Waals surface area contributed by atoms with E-state index < -0.39 is 21.8 Å². The number of benzene rings is 2. The third-order valence-electron chi connectivity index (χ3n) is 4.43. The first-order valence-electron chi connectivity index (χ1n) is 9.53. The van der Waals surface area contributed by atoms with Gasteiger partial charge in [0.15, 0.2) is 0 Å². The highest BCUT2D eigenvalue weighted by Gasteiger charge is 2.31. The number of nitrogens with one attached hydrogen (secondary N) is 1. The summed E-state index contributed by atoms with van der Waals surface area (Å²) in [6.07, 6.45) is -1.77.